The summed E-state index contributed by atoms with van der Waals surface area (Å²) in [5, 5.41) is 8.96. The van der Waals surface area contributed by atoms with E-state index in [0.717, 1.165) is 0 Å². The predicted molar refractivity (Wildman–Crippen MR) is 71.2 cm³/mol. The molecule has 0 saturated carbocycles. The van der Waals surface area contributed by atoms with E-state index >= 15 is 0 Å². The first-order valence-corrected chi connectivity index (χ1v) is 5.79. The first kappa shape index (κ1) is 12.9. The number of nitrogens with zero attached hydrogens (tertiary/aromatic N) is 2. The molecule has 1 aromatic carbocycles. The van der Waals surface area contributed by atoms with Crippen molar-refractivity contribution < 1.29 is 14.7 Å². The Morgan fingerprint density at radius 1 is 1.16 bits per heavy atom. The molecule has 98 valence electrons. The highest BCUT2D eigenvalue weighted by Gasteiger charge is 2.21. The zero-order valence-corrected chi connectivity index (χ0v) is 10.5. The molecule has 2 rings (SSSR count). The number of anilines is 1. The second kappa shape index (κ2) is 5.39. The lowest BCUT2D eigenvalue weighted by Crippen LogP contribution is -2.36. The summed E-state index contributed by atoms with van der Waals surface area (Å²) in [6.45, 7) is -0.367. The Balaban J connectivity index is 2.36. The minimum atomic E-state index is -1.05. The molecule has 1 amide bonds. The highest BCUT2D eigenvalue weighted by atomic mass is 16.4. The molecule has 0 aliphatic rings. The number of aromatic nitrogens is 1. The van der Waals surface area contributed by atoms with Gasteiger partial charge in [-0.3, -0.25) is 14.5 Å². The molecule has 0 radical (unpaired) electrons. The molecule has 1 heterocycles. The van der Waals surface area contributed by atoms with E-state index in [-0.39, 0.29) is 12.5 Å². The molecule has 5 nitrogen and oxygen atoms in total. The fourth-order valence-corrected chi connectivity index (χ4v) is 1.85. The maximum Gasteiger partial charge on any atom is 0.323 e. The molecular formula is C14H14N2O3. The number of aliphatic carboxylic acids is 1. The van der Waals surface area contributed by atoms with Crippen molar-refractivity contribution in [2.75, 3.05) is 11.4 Å². The van der Waals surface area contributed by atoms with Crippen LogP contribution in [0.3, 0.4) is 0 Å². The minimum Gasteiger partial charge on any atom is -0.480 e. The summed E-state index contributed by atoms with van der Waals surface area (Å²) in [6.07, 6.45) is 1.75. The molecule has 19 heavy (non-hydrogen) atoms. The number of benzene rings is 1. The van der Waals surface area contributed by atoms with E-state index < -0.39 is 5.97 Å². The van der Waals surface area contributed by atoms with Gasteiger partial charge in [0.15, 0.2) is 0 Å². The third-order valence-electron chi connectivity index (χ3n) is 2.77. The smallest absolute Gasteiger partial charge is 0.323 e. The molecular weight excluding hydrogens is 244 g/mol. The van der Waals surface area contributed by atoms with Crippen molar-refractivity contribution in [3.63, 3.8) is 0 Å². The van der Waals surface area contributed by atoms with Gasteiger partial charge in [0.05, 0.1) is 0 Å². The molecule has 0 saturated heterocycles. The van der Waals surface area contributed by atoms with Gasteiger partial charge in [-0.15, -0.1) is 0 Å². The summed E-state index contributed by atoms with van der Waals surface area (Å²) in [7, 11) is 1.75. The first-order valence-electron chi connectivity index (χ1n) is 5.79. The van der Waals surface area contributed by atoms with Gasteiger partial charge in [-0.25, -0.2) is 0 Å². The Bertz CT molecular complexity index is 590. The van der Waals surface area contributed by atoms with E-state index in [1.54, 1.807) is 54.2 Å². The number of carbonyl (C=O) groups excluding carboxylic acids is 1. The van der Waals surface area contributed by atoms with Crippen LogP contribution in [0.2, 0.25) is 0 Å². The third-order valence-corrected chi connectivity index (χ3v) is 2.77. The van der Waals surface area contributed by atoms with Crippen molar-refractivity contribution in [3.05, 3.63) is 54.4 Å². The monoisotopic (exact) mass is 258 g/mol. The Morgan fingerprint density at radius 2 is 1.84 bits per heavy atom. The quantitative estimate of drug-likeness (QED) is 0.908. The first-order chi connectivity index (χ1) is 9.09. The number of aryl methyl sites for hydroxylation is 1. The van der Waals surface area contributed by atoms with E-state index in [0.29, 0.717) is 11.4 Å². The van der Waals surface area contributed by atoms with Crippen LogP contribution in [-0.2, 0) is 11.8 Å². The summed E-state index contributed by atoms with van der Waals surface area (Å²) in [5.74, 6) is -1.38. The molecule has 0 aliphatic heterocycles. The molecule has 1 aromatic heterocycles. The molecule has 0 atom stereocenters. The molecule has 0 spiro atoms. The number of hydrogen-bond acceptors (Lipinski definition) is 2. The van der Waals surface area contributed by atoms with Gasteiger partial charge in [0.1, 0.15) is 12.2 Å². The number of rotatable bonds is 4. The average Bonchev–Trinajstić information content (AvgIpc) is 2.82. The van der Waals surface area contributed by atoms with Gasteiger partial charge in [-0.1, -0.05) is 18.2 Å². The summed E-state index contributed by atoms with van der Waals surface area (Å²) in [6, 6.07) is 12.2. The van der Waals surface area contributed by atoms with E-state index in [2.05, 4.69) is 0 Å². The largest absolute Gasteiger partial charge is 0.480 e. The average molecular weight is 258 g/mol. The fourth-order valence-electron chi connectivity index (χ4n) is 1.85. The fraction of sp³-hybridized carbons (Fsp3) is 0.143. The zero-order chi connectivity index (χ0) is 13.8. The number of hydrogen-bond donors (Lipinski definition) is 1. The molecule has 1 N–H and O–H groups in total. The van der Waals surface area contributed by atoms with Gasteiger partial charge in [0.25, 0.3) is 5.91 Å². The van der Waals surface area contributed by atoms with Crippen LogP contribution in [-0.4, -0.2) is 28.1 Å². The summed E-state index contributed by atoms with van der Waals surface area (Å²) in [5.41, 5.74) is 1.02. The standard InChI is InChI=1S/C14H14N2O3/c1-15-9-5-8-12(15)14(19)16(10-13(17)18)11-6-3-2-4-7-11/h2-9H,10H2,1H3,(H,17,18). The Labute approximate surface area is 110 Å². The summed E-state index contributed by atoms with van der Waals surface area (Å²) >= 11 is 0. The normalized spacial score (nSPS) is 10.2. The molecule has 0 aliphatic carbocycles. The number of amides is 1. The predicted octanol–water partition coefficient (Wildman–Crippen LogP) is 1.76. The van der Waals surface area contributed by atoms with E-state index in [4.69, 9.17) is 5.11 Å². The van der Waals surface area contributed by atoms with Crippen LogP contribution in [0.25, 0.3) is 0 Å². The number of para-hydroxylation sites is 1. The van der Waals surface area contributed by atoms with Crippen molar-refractivity contribution in [2.45, 2.75) is 0 Å². The Morgan fingerprint density at radius 3 is 2.37 bits per heavy atom. The van der Waals surface area contributed by atoms with Gasteiger partial charge in [0, 0.05) is 18.9 Å². The topological polar surface area (TPSA) is 62.5 Å². The van der Waals surface area contributed by atoms with E-state index in [1.807, 2.05) is 6.07 Å². The molecule has 0 bridgehead atoms. The lowest BCUT2D eigenvalue weighted by Gasteiger charge is -2.21. The minimum absolute atomic E-state index is 0.332. The Hall–Kier alpha value is -2.56. The van der Waals surface area contributed by atoms with Gasteiger partial charge in [0.2, 0.25) is 0 Å². The van der Waals surface area contributed by atoms with Gasteiger partial charge >= 0.3 is 5.97 Å². The SMILES string of the molecule is Cn1cccc1C(=O)N(CC(=O)O)c1ccccc1. The molecule has 0 unspecified atom stereocenters. The molecule has 2 aromatic rings. The Kier molecular flexibility index (Phi) is 3.66. The summed E-state index contributed by atoms with van der Waals surface area (Å²) in [4.78, 5) is 24.6. The van der Waals surface area contributed by atoms with Gasteiger partial charge in [-0.05, 0) is 24.3 Å². The number of carboxylic acid groups (broad SMARTS) is 1. The van der Waals surface area contributed by atoms with Crippen molar-refractivity contribution >= 4 is 17.6 Å². The van der Waals surface area contributed by atoms with Crippen LogP contribution in [0, 0.1) is 0 Å². The third kappa shape index (κ3) is 2.82. The van der Waals surface area contributed by atoms with Crippen LogP contribution < -0.4 is 4.90 Å². The summed E-state index contributed by atoms with van der Waals surface area (Å²) < 4.78 is 1.67. The van der Waals surface area contributed by atoms with Crippen molar-refractivity contribution in [1.29, 1.82) is 0 Å². The van der Waals surface area contributed by atoms with Crippen LogP contribution in [0.1, 0.15) is 10.5 Å². The van der Waals surface area contributed by atoms with Crippen LogP contribution in [0.5, 0.6) is 0 Å². The van der Waals surface area contributed by atoms with Gasteiger partial charge in [-0.2, -0.15) is 0 Å². The highest BCUT2D eigenvalue weighted by Crippen LogP contribution is 2.16. The lowest BCUT2D eigenvalue weighted by molar-refractivity contribution is -0.135. The van der Waals surface area contributed by atoms with Crippen LogP contribution in [0.15, 0.2) is 48.7 Å². The van der Waals surface area contributed by atoms with Crippen LogP contribution >= 0.6 is 0 Å². The van der Waals surface area contributed by atoms with Crippen molar-refractivity contribution in [2.24, 2.45) is 7.05 Å². The van der Waals surface area contributed by atoms with E-state index in [9.17, 15) is 9.59 Å². The van der Waals surface area contributed by atoms with E-state index in [1.165, 1.54) is 4.90 Å². The van der Waals surface area contributed by atoms with Gasteiger partial charge < -0.3 is 9.67 Å². The van der Waals surface area contributed by atoms with Crippen molar-refractivity contribution in [3.8, 4) is 0 Å². The molecule has 0 fully saturated rings. The highest BCUT2D eigenvalue weighted by molar-refractivity contribution is 6.07. The maximum atomic E-state index is 12.4. The number of carboxylic acids is 1. The lowest BCUT2D eigenvalue weighted by atomic mass is 10.2. The maximum absolute atomic E-state index is 12.4. The number of carbonyl (C=O) groups is 2. The molecule has 5 heteroatoms. The van der Waals surface area contributed by atoms with Crippen molar-refractivity contribution in [1.82, 2.24) is 4.57 Å². The second-order valence-electron chi connectivity index (χ2n) is 4.12. The second-order valence-corrected chi connectivity index (χ2v) is 4.12. The van der Waals surface area contributed by atoms with Crippen LogP contribution in [0.4, 0.5) is 5.69 Å². The zero-order valence-electron chi connectivity index (χ0n) is 10.5.